The fraction of sp³-hybridized carbons (Fsp3) is 0.333. The lowest BCUT2D eigenvalue weighted by Crippen LogP contribution is -1.88. The smallest absolute Gasteiger partial charge is 0.197 e. The van der Waals surface area contributed by atoms with Gasteiger partial charge in [0.05, 0.1) is 0 Å². The second-order valence-electron chi connectivity index (χ2n) is 2.13. The minimum absolute atomic E-state index is 0.598. The van der Waals surface area contributed by atoms with Gasteiger partial charge in [-0.2, -0.15) is 0 Å². The normalized spacial score (nSPS) is 15.2. The molecule has 10 heavy (non-hydrogen) atoms. The van der Waals surface area contributed by atoms with E-state index < -0.39 is 0 Å². The Morgan fingerprint density at radius 1 is 1.70 bits per heavy atom. The Hall–Kier alpha value is -0.350. The number of hydrogen-bond acceptors (Lipinski definition) is 3. The van der Waals surface area contributed by atoms with Crippen molar-refractivity contribution in [3.8, 4) is 0 Å². The summed E-state index contributed by atoms with van der Waals surface area (Å²) in [7, 11) is 0. The van der Waals surface area contributed by atoms with Gasteiger partial charge in [0.25, 0.3) is 0 Å². The van der Waals surface area contributed by atoms with Gasteiger partial charge in [0.15, 0.2) is 4.77 Å². The highest BCUT2D eigenvalue weighted by Crippen LogP contribution is 2.27. The van der Waals surface area contributed by atoms with Crippen LogP contribution in [0.2, 0.25) is 0 Å². The number of aromatic nitrogens is 2. The van der Waals surface area contributed by atoms with Crippen LogP contribution in [0, 0.1) is 4.77 Å². The van der Waals surface area contributed by atoms with Crippen molar-refractivity contribution in [2.45, 2.75) is 11.3 Å². The van der Waals surface area contributed by atoms with E-state index in [1.54, 1.807) is 0 Å². The molecule has 0 saturated heterocycles. The Morgan fingerprint density at radius 2 is 2.60 bits per heavy atom. The summed E-state index contributed by atoms with van der Waals surface area (Å²) in [5.41, 5.74) is 1.25. The third-order valence-corrected chi connectivity index (χ3v) is 2.74. The van der Waals surface area contributed by atoms with Gasteiger partial charge in [-0.15, -0.1) is 11.8 Å². The molecule has 1 N–H and O–H groups in total. The predicted octanol–water partition coefficient (Wildman–Crippen LogP) is 1.79. The molecule has 2 nitrogen and oxygen atoms in total. The van der Waals surface area contributed by atoms with E-state index in [4.69, 9.17) is 12.2 Å². The number of aromatic amines is 1. The molecule has 0 unspecified atom stereocenters. The quantitative estimate of drug-likeness (QED) is 0.602. The van der Waals surface area contributed by atoms with Gasteiger partial charge in [-0.3, -0.25) is 0 Å². The molecule has 2 rings (SSSR count). The Balaban J connectivity index is 2.63. The number of nitrogens with zero attached hydrogens (tertiary/aromatic N) is 1. The maximum atomic E-state index is 4.88. The monoisotopic (exact) mass is 170 g/mol. The van der Waals surface area contributed by atoms with Crippen LogP contribution < -0.4 is 0 Å². The highest BCUT2D eigenvalue weighted by Gasteiger charge is 2.10. The Labute approximate surface area is 68.1 Å². The zero-order valence-corrected chi connectivity index (χ0v) is 6.89. The molecule has 0 aliphatic carbocycles. The molecule has 0 aromatic carbocycles. The average Bonchev–Trinajstić information content (AvgIpc) is 2.33. The molecule has 1 aromatic rings. The summed E-state index contributed by atoms with van der Waals surface area (Å²) in [6.45, 7) is 0. The molecule has 0 fully saturated rings. The van der Waals surface area contributed by atoms with Crippen LogP contribution in [0.5, 0.6) is 0 Å². The SMILES string of the molecule is S=c1ncc2c([nH]1)CCS2. The number of fused-ring (bicyclic) bond motifs is 1. The van der Waals surface area contributed by atoms with Crippen LogP contribution in [-0.4, -0.2) is 15.7 Å². The number of nitrogens with one attached hydrogen (secondary N) is 1. The average molecular weight is 170 g/mol. The van der Waals surface area contributed by atoms with Crippen molar-refractivity contribution in [1.29, 1.82) is 0 Å². The summed E-state index contributed by atoms with van der Waals surface area (Å²) >= 11 is 6.71. The minimum atomic E-state index is 0.598. The maximum absolute atomic E-state index is 4.88. The van der Waals surface area contributed by atoms with Gasteiger partial charge in [0, 0.05) is 22.5 Å². The molecular formula is C6H6N2S2. The fourth-order valence-corrected chi connectivity index (χ4v) is 2.15. The molecule has 0 spiro atoms. The number of H-pyrrole nitrogens is 1. The summed E-state index contributed by atoms with van der Waals surface area (Å²) in [5, 5.41) is 0. The molecule has 1 aliphatic heterocycles. The van der Waals surface area contributed by atoms with Gasteiger partial charge in [0.1, 0.15) is 0 Å². The van der Waals surface area contributed by atoms with E-state index in [0.717, 1.165) is 12.2 Å². The molecule has 0 saturated carbocycles. The van der Waals surface area contributed by atoms with E-state index in [2.05, 4.69) is 9.97 Å². The van der Waals surface area contributed by atoms with Crippen molar-refractivity contribution in [3.05, 3.63) is 16.7 Å². The first kappa shape index (κ1) is 6.37. The van der Waals surface area contributed by atoms with Crippen molar-refractivity contribution in [1.82, 2.24) is 9.97 Å². The third kappa shape index (κ3) is 0.973. The first-order valence-electron chi connectivity index (χ1n) is 3.07. The standard InChI is InChI=1S/C6H6N2S2/c9-6-7-3-5-4(8-6)1-2-10-5/h3H,1-2H2,(H,7,8,9). The van der Waals surface area contributed by atoms with E-state index in [9.17, 15) is 0 Å². The zero-order valence-electron chi connectivity index (χ0n) is 5.26. The lowest BCUT2D eigenvalue weighted by molar-refractivity contribution is 0.960. The Kier molecular flexibility index (Phi) is 1.50. The second kappa shape index (κ2) is 2.36. The summed E-state index contributed by atoms with van der Waals surface area (Å²) in [6, 6.07) is 0. The van der Waals surface area contributed by atoms with E-state index >= 15 is 0 Å². The topological polar surface area (TPSA) is 28.7 Å². The summed E-state index contributed by atoms with van der Waals surface area (Å²) in [5.74, 6) is 1.16. The summed E-state index contributed by atoms with van der Waals surface area (Å²) < 4.78 is 0.598. The third-order valence-electron chi connectivity index (χ3n) is 1.46. The van der Waals surface area contributed by atoms with Crippen LogP contribution in [0.3, 0.4) is 0 Å². The maximum Gasteiger partial charge on any atom is 0.197 e. The van der Waals surface area contributed by atoms with E-state index in [0.29, 0.717) is 4.77 Å². The molecule has 52 valence electrons. The van der Waals surface area contributed by atoms with Gasteiger partial charge in [-0.25, -0.2) is 4.98 Å². The highest BCUT2D eigenvalue weighted by molar-refractivity contribution is 7.99. The van der Waals surface area contributed by atoms with E-state index in [1.165, 1.54) is 10.6 Å². The van der Waals surface area contributed by atoms with Gasteiger partial charge in [0.2, 0.25) is 0 Å². The molecule has 1 aliphatic rings. The number of aryl methyl sites for hydroxylation is 1. The van der Waals surface area contributed by atoms with Crippen molar-refractivity contribution >= 4 is 24.0 Å². The molecular weight excluding hydrogens is 164 g/mol. The van der Waals surface area contributed by atoms with E-state index in [1.807, 2.05) is 18.0 Å². The van der Waals surface area contributed by atoms with Crippen LogP contribution in [0.25, 0.3) is 0 Å². The van der Waals surface area contributed by atoms with Crippen LogP contribution in [0.4, 0.5) is 0 Å². The molecule has 2 heterocycles. The predicted molar refractivity (Wildman–Crippen MR) is 43.8 cm³/mol. The molecule has 0 bridgehead atoms. The molecule has 0 radical (unpaired) electrons. The van der Waals surface area contributed by atoms with Crippen molar-refractivity contribution in [2.75, 3.05) is 5.75 Å². The highest BCUT2D eigenvalue weighted by atomic mass is 32.2. The lowest BCUT2D eigenvalue weighted by Gasteiger charge is -1.93. The van der Waals surface area contributed by atoms with Crippen LogP contribution in [0.15, 0.2) is 11.1 Å². The largest absolute Gasteiger partial charge is 0.333 e. The van der Waals surface area contributed by atoms with Gasteiger partial charge in [-0.05, 0) is 18.6 Å². The van der Waals surface area contributed by atoms with Gasteiger partial charge < -0.3 is 4.98 Å². The zero-order chi connectivity index (χ0) is 6.97. The van der Waals surface area contributed by atoms with Crippen LogP contribution >= 0.6 is 24.0 Å². The summed E-state index contributed by atoms with van der Waals surface area (Å²) in [6.07, 6.45) is 2.96. The fourth-order valence-electron chi connectivity index (χ4n) is 0.991. The number of hydrogen-bond donors (Lipinski definition) is 1. The lowest BCUT2D eigenvalue weighted by atomic mass is 10.3. The van der Waals surface area contributed by atoms with Crippen LogP contribution in [-0.2, 0) is 6.42 Å². The van der Waals surface area contributed by atoms with Gasteiger partial charge in [-0.1, -0.05) is 0 Å². The summed E-state index contributed by atoms with van der Waals surface area (Å²) in [4.78, 5) is 8.32. The molecule has 0 amide bonds. The van der Waals surface area contributed by atoms with E-state index in [-0.39, 0.29) is 0 Å². The first-order chi connectivity index (χ1) is 4.86. The number of thioether (sulfide) groups is 1. The van der Waals surface area contributed by atoms with Crippen molar-refractivity contribution in [3.63, 3.8) is 0 Å². The van der Waals surface area contributed by atoms with Gasteiger partial charge >= 0.3 is 0 Å². The molecule has 1 aromatic heterocycles. The van der Waals surface area contributed by atoms with Crippen molar-refractivity contribution < 1.29 is 0 Å². The number of rotatable bonds is 0. The minimum Gasteiger partial charge on any atom is -0.333 e. The Morgan fingerprint density at radius 3 is 3.50 bits per heavy atom. The molecule has 4 heteroatoms. The van der Waals surface area contributed by atoms with Crippen LogP contribution in [0.1, 0.15) is 5.69 Å². The molecule has 0 atom stereocenters. The van der Waals surface area contributed by atoms with Crippen molar-refractivity contribution in [2.24, 2.45) is 0 Å². The second-order valence-corrected chi connectivity index (χ2v) is 3.65. The first-order valence-corrected chi connectivity index (χ1v) is 4.46. The Bertz CT molecular complexity index is 305.